The van der Waals surface area contributed by atoms with E-state index < -0.39 is 0 Å². The zero-order chi connectivity index (χ0) is 15.6. The third-order valence-corrected chi connectivity index (χ3v) is 5.53. The summed E-state index contributed by atoms with van der Waals surface area (Å²) in [5.74, 6) is 1.05. The first-order chi connectivity index (χ1) is 11.3. The molecule has 0 aromatic heterocycles. The first-order valence-corrected chi connectivity index (χ1v) is 8.82. The third kappa shape index (κ3) is 3.70. The van der Waals surface area contributed by atoms with E-state index in [0.717, 1.165) is 32.0 Å². The van der Waals surface area contributed by atoms with Gasteiger partial charge in [0.2, 0.25) is 0 Å². The predicted octanol–water partition coefficient (Wildman–Crippen LogP) is 1.24. The second-order valence-electron chi connectivity index (χ2n) is 6.86. The largest absolute Gasteiger partial charge is 0.355 e. The summed E-state index contributed by atoms with van der Waals surface area (Å²) in [5.41, 5.74) is 2.93. The number of aliphatic imine (C=N–C) groups is 1. The molecule has 4 aliphatic heterocycles. The number of hydrogen-bond donors (Lipinski definition) is 1. The first-order valence-electron chi connectivity index (χ1n) is 8.82. The number of rotatable bonds is 2. The van der Waals surface area contributed by atoms with Gasteiger partial charge < -0.3 is 10.2 Å². The van der Waals surface area contributed by atoms with E-state index in [1.54, 1.807) is 0 Å². The van der Waals surface area contributed by atoms with Crippen LogP contribution in [0.2, 0.25) is 0 Å². The molecule has 0 amide bonds. The second-order valence-corrected chi connectivity index (χ2v) is 6.86. The fourth-order valence-corrected chi connectivity index (χ4v) is 4.14. The van der Waals surface area contributed by atoms with E-state index in [1.807, 2.05) is 7.05 Å². The molecule has 5 nitrogen and oxygen atoms in total. The van der Waals surface area contributed by atoms with Crippen molar-refractivity contribution in [2.24, 2.45) is 4.99 Å². The summed E-state index contributed by atoms with van der Waals surface area (Å²) in [6.07, 6.45) is 1.11. The lowest BCUT2D eigenvalue weighted by atomic mass is 10.0. The second kappa shape index (κ2) is 8.01. The van der Waals surface area contributed by atoms with Gasteiger partial charge in [-0.05, 0) is 17.5 Å². The van der Waals surface area contributed by atoms with Crippen molar-refractivity contribution >= 4 is 29.9 Å². The number of benzene rings is 1. The molecule has 4 heterocycles. The van der Waals surface area contributed by atoms with Gasteiger partial charge in [-0.2, -0.15) is 0 Å². The Morgan fingerprint density at radius 1 is 1.12 bits per heavy atom. The molecule has 1 aromatic rings. The van der Waals surface area contributed by atoms with Crippen LogP contribution < -0.4 is 5.32 Å². The van der Waals surface area contributed by atoms with Crippen molar-refractivity contribution in [3.8, 4) is 0 Å². The molecule has 0 radical (unpaired) electrons. The van der Waals surface area contributed by atoms with E-state index in [9.17, 15) is 0 Å². The fourth-order valence-electron chi connectivity index (χ4n) is 4.14. The van der Waals surface area contributed by atoms with Crippen LogP contribution in [0.5, 0.6) is 0 Å². The Bertz CT molecular complexity index is 583. The van der Waals surface area contributed by atoms with E-state index in [0.29, 0.717) is 6.04 Å². The van der Waals surface area contributed by atoms with Crippen LogP contribution in [0.3, 0.4) is 0 Å². The number of halogens is 1. The Hall–Kier alpha value is -0.860. The van der Waals surface area contributed by atoms with Gasteiger partial charge in [0.1, 0.15) is 0 Å². The van der Waals surface area contributed by atoms with E-state index in [4.69, 9.17) is 0 Å². The van der Waals surface area contributed by atoms with Crippen LogP contribution >= 0.6 is 24.0 Å². The maximum absolute atomic E-state index is 4.53. The zero-order valence-electron chi connectivity index (χ0n) is 14.4. The van der Waals surface area contributed by atoms with Gasteiger partial charge >= 0.3 is 0 Å². The van der Waals surface area contributed by atoms with Gasteiger partial charge in [0.05, 0.1) is 0 Å². The molecule has 6 heteroatoms. The van der Waals surface area contributed by atoms with Crippen LogP contribution in [0.1, 0.15) is 11.1 Å². The summed E-state index contributed by atoms with van der Waals surface area (Å²) >= 11 is 0. The minimum Gasteiger partial charge on any atom is -0.355 e. The Kier molecular flexibility index (Phi) is 5.99. The van der Waals surface area contributed by atoms with Crippen LogP contribution in [0.15, 0.2) is 29.3 Å². The van der Waals surface area contributed by atoms with Crippen molar-refractivity contribution in [3.05, 3.63) is 35.4 Å². The number of fused-ring (bicyclic) bond motifs is 4. The highest BCUT2D eigenvalue weighted by Gasteiger charge is 2.32. The average Bonchev–Trinajstić information content (AvgIpc) is 2.63. The molecule has 0 spiro atoms. The maximum atomic E-state index is 4.53. The SMILES string of the molecule is CN=C(NCC1CN2CCN1CC2)N1CCc2ccccc2C1.I. The smallest absolute Gasteiger partial charge is 0.194 e. The van der Waals surface area contributed by atoms with E-state index in [1.165, 1.54) is 43.9 Å². The van der Waals surface area contributed by atoms with Crippen LogP contribution in [-0.2, 0) is 13.0 Å². The molecular formula is C18H28IN5. The summed E-state index contributed by atoms with van der Waals surface area (Å²) in [4.78, 5) is 12.1. The Morgan fingerprint density at radius 2 is 1.88 bits per heavy atom. The van der Waals surface area contributed by atoms with E-state index in [2.05, 4.69) is 49.3 Å². The lowest BCUT2D eigenvalue weighted by Gasteiger charge is -2.47. The predicted molar refractivity (Wildman–Crippen MR) is 109 cm³/mol. The van der Waals surface area contributed by atoms with Gasteiger partial charge in [-0.3, -0.25) is 14.8 Å². The molecule has 0 aliphatic carbocycles. The van der Waals surface area contributed by atoms with E-state index >= 15 is 0 Å². The highest BCUT2D eigenvalue weighted by atomic mass is 127. The van der Waals surface area contributed by atoms with Crippen molar-refractivity contribution in [2.45, 2.75) is 19.0 Å². The number of nitrogens with zero attached hydrogens (tertiary/aromatic N) is 4. The normalized spacial score (nSPS) is 29.0. The monoisotopic (exact) mass is 441 g/mol. The Labute approximate surface area is 162 Å². The number of nitrogens with one attached hydrogen (secondary N) is 1. The summed E-state index contributed by atoms with van der Waals surface area (Å²) in [6.45, 7) is 9.16. The van der Waals surface area contributed by atoms with Crippen molar-refractivity contribution in [2.75, 3.05) is 52.9 Å². The number of hydrogen-bond acceptors (Lipinski definition) is 3. The fraction of sp³-hybridized carbons (Fsp3) is 0.611. The molecule has 1 unspecified atom stereocenters. The lowest BCUT2D eigenvalue weighted by Crippen LogP contribution is -2.64. The average molecular weight is 441 g/mol. The van der Waals surface area contributed by atoms with Crippen LogP contribution in [0, 0.1) is 0 Å². The topological polar surface area (TPSA) is 34.1 Å². The van der Waals surface area contributed by atoms with Gasteiger partial charge in [0, 0.05) is 65.4 Å². The molecule has 1 N–H and O–H groups in total. The molecule has 3 saturated heterocycles. The molecule has 0 saturated carbocycles. The quantitative estimate of drug-likeness (QED) is 0.426. The molecule has 2 bridgehead atoms. The van der Waals surface area contributed by atoms with Crippen LogP contribution in [0.25, 0.3) is 0 Å². The minimum atomic E-state index is 0. The van der Waals surface area contributed by atoms with Gasteiger partial charge in [-0.25, -0.2) is 0 Å². The van der Waals surface area contributed by atoms with Crippen LogP contribution in [0.4, 0.5) is 0 Å². The summed E-state index contributed by atoms with van der Waals surface area (Å²) in [5, 5.41) is 3.63. The van der Waals surface area contributed by atoms with Gasteiger partial charge in [-0.15, -0.1) is 24.0 Å². The molecule has 1 atom stereocenters. The van der Waals surface area contributed by atoms with Crippen molar-refractivity contribution in [1.82, 2.24) is 20.0 Å². The molecular weight excluding hydrogens is 413 g/mol. The van der Waals surface area contributed by atoms with Crippen molar-refractivity contribution < 1.29 is 0 Å². The molecule has 1 aromatic carbocycles. The molecule has 3 fully saturated rings. The summed E-state index contributed by atoms with van der Waals surface area (Å²) in [7, 11) is 1.90. The Balaban J connectivity index is 0.00000169. The number of piperazine rings is 3. The van der Waals surface area contributed by atoms with Gasteiger partial charge in [0.25, 0.3) is 0 Å². The molecule has 24 heavy (non-hydrogen) atoms. The summed E-state index contributed by atoms with van der Waals surface area (Å²) in [6, 6.07) is 9.41. The standard InChI is InChI=1S/C18H27N5.HI/c1-19-18(20-12-17-14-21-8-10-22(17)11-9-21)23-7-6-15-4-2-3-5-16(15)13-23;/h2-5,17H,6-14H2,1H3,(H,19,20);1H. The maximum Gasteiger partial charge on any atom is 0.194 e. The van der Waals surface area contributed by atoms with Gasteiger partial charge in [-0.1, -0.05) is 24.3 Å². The summed E-state index contributed by atoms with van der Waals surface area (Å²) < 4.78 is 0. The lowest BCUT2D eigenvalue weighted by molar-refractivity contribution is 0.0152. The van der Waals surface area contributed by atoms with E-state index in [-0.39, 0.29) is 24.0 Å². The molecule has 132 valence electrons. The van der Waals surface area contributed by atoms with Crippen molar-refractivity contribution in [3.63, 3.8) is 0 Å². The molecule has 5 rings (SSSR count). The first kappa shape index (κ1) is 17.9. The number of guanidine groups is 1. The third-order valence-electron chi connectivity index (χ3n) is 5.53. The van der Waals surface area contributed by atoms with Crippen LogP contribution in [-0.4, -0.2) is 79.6 Å². The highest BCUT2D eigenvalue weighted by Crippen LogP contribution is 2.19. The zero-order valence-corrected chi connectivity index (χ0v) is 16.8. The molecule has 4 aliphatic rings. The van der Waals surface area contributed by atoms with Crippen molar-refractivity contribution in [1.29, 1.82) is 0 Å². The van der Waals surface area contributed by atoms with Gasteiger partial charge in [0.15, 0.2) is 5.96 Å². The highest BCUT2D eigenvalue weighted by molar-refractivity contribution is 14.0. The minimum absolute atomic E-state index is 0. The Morgan fingerprint density at radius 3 is 2.54 bits per heavy atom.